The van der Waals surface area contributed by atoms with Gasteiger partial charge in [0.25, 0.3) is 10.2 Å². The molecule has 0 atom stereocenters. The van der Waals surface area contributed by atoms with Gasteiger partial charge in [0.15, 0.2) is 0 Å². The molecule has 0 spiro atoms. The maximum absolute atomic E-state index is 13.6. The lowest BCUT2D eigenvalue weighted by atomic mass is 10.0. The molecule has 2 N–H and O–H groups in total. The molecule has 1 heterocycles. The zero-order valence-electron chi connectivity index (χ0n) is 11.3. The Morgan fingerprint density at radius 1 is 1.52 bits per heavy atom. The van der Waals surface area contributed by atoms with Crippen molar-refractivity contribution in [2.24, 2.45) is 11.1 Å². The molecule has 0 unspecified atom stereocenters. The van der Waals surface area contributed by atoms with E-state index in [2.05, 4.69) is 0 Å². The summed E-state index contributed by atoms with van der Waals surface area (Å²) in [5, 5.41) is 5.33. The summed E-state index contributed by atoms with van der Waals surface area (Å²) in [6.07, 6.45) is 0. The highest BCUT2D eigenvalue weighted by Crippen LogP contribution is 2.21. The van der Waals surface area contributed by atoms with Gasteiger partial charge in [-0.2, -0.15) is 12.7 Å². The molecule has 1 aromatic rings. The normalized spacial score (nSPS) is 16.6. The monoisotopic (exact) mass is 335 g/mol. The maximum atomic E-state index is 13.6. The smallest absolute Gasteiger partial charge is 0.276 e. The topological polar surface area (TPSA) is 83.7 Å². The van der Waals surface area contributed by atoms with Crippen LogP contribution in [0.1, 0.15) is 5.56 Å². The third-order valence-corrected chi connectivity index (χ3v) is 4.60. The lowest BCUT2D eigenvalue weighted by Gasteiger charge is -2.37. The molecule has 21 heavy (non-hydrogen) atoms. The summed E-state index contributed by atoms with van der Waals surface area (Å²) >= 11 is 5.79. The van der Waals surface area contributed by atoms with E-state index < -0.39 is 21.9 Å². The summed E-state index contributed by atoms with van der Waals surface area (Å²) in [6, 6.07) is 4.12. The summed E-state index contributed by atoms with van der Waals surface area (Å²) in [5.41, 5.74) is 0.306. The van der Waals surface area contributed by atoms with Gasteiger partial charge < -0.3 is 4.90 Å². The number of hydrogen-bond donors (Lipinski definition) is 1. The molecular weight excluding hydrogens is 321 g/mol. The highest BCUT2D eigenvalue weighted by Gasteiger charge is 2.39. The Kier molecular flexibility index (Phi) is 4.52. The molecule has 1 saturated heterocycles. The number of nitrogens with zero attached hydrogens (tertiary/aromatic N) is 2. The maximum Gasteiger partial charge on any atom is 0.276 e. The lowest BCUT2D eigenvalue weighted by molar-refractivity contribution is -0.138. The van der Waals surface area contributed by atoms with E-state index in [9.17, 15) is 17.6 Å². The Balaban J connectivity index is 1.97. The zero-order chi connectivity index (χ0) is 15.8. The van der Waals surface area contributed by atoms with E-state index in [1.165, 1.54) is 30.1 Å². The van der Waals surface area contributed by atoms with E-state index in [0.29, 0.717) is 10.6 Å². The van der Waals surface area contributed by atoms with Gasteiger partial charge in [-0.05, 0) is 18.2 Å². The summed E-state index contributed by atoms with van der Waals surface area (Å²) in [4.78, 5) is 13.5. The molecule has 0 aliphatic carbocycles. The van der Waals surface area contributed by atoms with Gasteiger partial charge in [0.05, 0.1) is 5.92 Å². The second kappa shape index (κ2) is 5.88. The van der Waals surface area contributed by atoms with Crippen LogP contribution in [0.2, 0.25) is 5.02 Å². The van der Waals surface area contributed by atoms with Crippen molar-refractivity contribution >= 4 is 27.7 Å². The van der Waals surface area contributed by atoms with E-state index in [1.807, 2.05) is 0 Å². The first-order chi connectivity index (χ1) is 9.68. The minimum atomic E-state index is -3.74. The lowest BCUT2D eigenvalue weighted by Crippen LogP contribution is -2.57. The first-order valence-corrected chi connectivity index (χ1v) is 8.03. The van der Waals surface area contributed by atoms with Crippen LogP contribution < -0.4 is 5.14 Å². The van der Waals surface area contributed by atoms with Crippen molar-refractivity contribution in [1.82, 2.24) is 9.21 Å². The summed E-state index contributed by atoms with van der Waals surface area (Å²) in [7, 11) is -2.21. The van der Waals surface area contributed by atoms with Crippen LogP contribution in [-0.4, -0.2) is 43.7 Å². The van der Waals surface area contributed by atoms with E-state index in [0.717, 1.165) is 4.31 Å². The van der Waals surface area contributed by atoms with Gasteiger partial charge in [-0.15, -0.1) is 0 Å². The minimum Gasteiger partial charge on any atom is -0.341 e. The standard InChI is InChI=1S/C12H15ClFN3O3S/c1-16(5-8-4-10(13)2-3-11(8)14)12(18)9-6-17(7-9)21(15,19)20/h2-4,9H,5-7H2,1H3,(H2,15,19,20). The van der Waals surface area contributed by atoms with Crippen LogP contribution in [0.3, 0.4) is 0 Å². The number of hydrogen-bond acceptors (Lipinski definition) is 3. The number of rotatable bonds is 4. The first kappa shape index (κ1) is 16.2. The average Bonchev–Trinajstić information content (AvgIpc) is 2.29. The molecule has 0 radical (unpaired) electrons. The van der Waals surface area contributed by atoms with Crippen molar-refractivity contribution in [3.63, 3.8) is 0 Å². The van der Waals surface area contributed by atoms with Crippen molar-refractivity contribution in [3.8, 4) is 0 Å². The van der Waals surface area contributed by atoms with Crippen molar-refractivity contribution in [2.45, 2.75) is 6.54 Å². The third-order valence-electron chi connectivity index (χ3n) is 3.35. The van der Waals surface area contributed by atoms with E-state index in [-0.39, 0.29) is 25.5 Å². The van der Waals surface area contributed by atoms with Crippen LogP contribution in [0.25, 0.3) is 0 Å². The summed E-state index contributed by atoms with van der Waals surface area (Å²) < 4.78 is 36.7. The SMILES string of the molecule is CN(Cc1cc(Cl)ccc1F)C(=O)C1CN(S(N)(=O)=O)C1. The summed E-state index contributed by atoms with van der Waals surface area (Å²) in [5.74, 6) is -1.15. The van der Waals surface area contributed by atoms with Crippen LogP contribution >= 0.6 is 11.6 Å². The Labute approximate surface area is 127 Å². The Bertz CT molecular complexity index is 662. The fraction of sp³-hybridized carbons (Fsp3) is 0.417. The molecule has 0 bridgehead atoms. The minimum absolute atomic E-state index is 0.0556. The molecule has 0 saturated carbocycles. The molecule has 1 aliphatic heterocycles. The predicted octanol–water partition coefficient (Wildman–Crippen LogP) is 0.573. The molecule has 1 amide bonds. The van der Waals surface area contributed by atoms with Gasteiger partial charge in [0, 0.05) is 37.3 Å². The zero-order valence-corrected chi connectivity index (χ0v) is 12.9. The number of benzene rings is 1. The van der Waals surface area contributed by atoms with Crippen LogP contribution in [0.4, 0.5) is 4.39 Å². The van der Waals surface area contributed by atoms with Crippen LogP contribution in [0.15, 0.2) is 18.2 Å². The number of halogens is 2. The van der Waals surface area contributed by atoms with Gasteiger partial charge in [0.1, 0.15) is 5.82 Å². The van der Waals surface area contributed by atoms with E-state index >= 15 is 0 Å². The van der Waals surface area contributed by atoms with Crippen LogP contribution in [0.5, 0.6) is 0 Å². The van der Waals surface area contributed by atoms with E-state index in [1.54, 1.807) is 0 Å². The van der Waals surface area contributed by atoms with Crippen molar-refractivity contribution in [3.05, 3.63) is 34.6 Å². The number of nitrogens with two attached hydrogens (primary N) is 1. The molecule has 0 aromatic heterocycles. The summed E-state index contributed by atoms with van der Waals surface area (Å²) in [6.45, 7) is 0.178. The number of carbonyl (C=O) groups is 1. The predicted molar refractivity (Wildman–Crippen MR) is 76.1 cm³/mol. The molecule has 1 aliphatic rings. The van der Waals surface area contributed by atoms with Crippen LogP contribution in [0, 0.1) is 11.7 Å². The van der Waals surface area contributed by atoms with Gasteiger partial charge in [-0.25, -0.2) is 9.53 Å². The first-order valence-electron chi connectivity index (χ1n) is 6.15. The number of amides is 1. The van der Waals surface area contributed by atoms with Gasteiger partial charge in [-0.1, -0.05) is 11.6 Å². The highest BCUT2D eigenvalue weighted by molar-refractivity contribution is 7.86. The van der Waals surface area contributed by atoms with E-state index in [4.69, 9.17) is 16.7 Å². The molecule has 1 fully saturated rings. The fourth-order valence-corrected chi connectivity index (χ4v) is 3.08. The Hall–Kier alpha value is -1.22. The largest absolute Gasteiger partial charge is 0.341 e. The molecule has 116 valence electrons. The molecule has 6 nitrogen and oxygen atoms in total. The Morgan fingerprint density at radius 2 is 2.14 bits per heavy atom. The Morgan fingerprint density at radius 3 is 2.71 bits per heavy atom. The molecular formula is C12H15ClFN3O3S. The molecule has 9 heteroatoms. The van der Waals surface area contributed by atoms with Gasteiger partial charge >= 0.3 is 0 Å². The van der Waals surface area contributed by atoms with Crippen molar-refractivity contribution in [1.29, 1.82) is 0 Å². The average molecular weight is 336 g/mol. The number of carbonyl (C=O) groups excluding carboxylic acids is 1. The second-order valence-electron chi connectivity index (χ2n) is 4.99. The fourth-order valence-electron chi connectivity index (χ4n) is 2.11. The highest BCUT2D eigenvalue weighted by atomic mass is 35.5. The van der Waals surface area contributed by atoms with Crippen molar-refractivity contribution in [2.75, 3.05) is 20.1 Å². The van der Waals surface area contributed by atoms with Gasteiger partial charge in [0.2, 0.25) is 5.91 Å². The molecule has 1 aromatic carbocycles. The molecule has 2 rings (SSSR count). The van der Waals surface area contributed by atoms with Gasteiger partial charge in [-0.3, -0.25) is 4.79 Å². The van der Waals surface area contributed by atoms with Crippen LogP contribution in [-0.2, 0) is 21.5 Å². The quantitative estimate of drug-likeness (QED) is 0.873. The second-order valence-corrected chi connectivity index (χ2v) is 6.97. The van der Waals surface area contributed by atoms with Crippen molar-refractivity contribution < 1.29 is 17.6 Å². The third kappa shape index (κ3) is 3.70.